The molecule has 0 aliphatic heterocycles. The van der Waals surface area contributed by atoms with Crippen LogP contribution in [0.4, 0.5) is 4.79 Å². The van der Waals surface area contributed by atoms with Crippen LogP contribution < -0.4 is 10.6 Å². The number of benzene rings is 1. The lowest BCUT2D eigenvalue weighted by molar-refractivity contribution is -0.123. The summed E-state index contributed by atoms with van der Waals surface area (Å²) in [6.45, 7) is 5.94. The normalized spacial score (nSPS) is 13.9. The Kier molecular flexibility index (Phi) is 10.3. The van der Waals surface area contributed by atoms with Gasteiger partial charge in [0.25, 0.3) is 0 Å². The first kappa shape index (κ1) is 21.5. The van der Waals surface area contributed by atoms with Gasteiger partial charge in [-0.1, -0.05) is 50.6 Å². The lowest BCUT2D eigenvalue weighted by atomic mass is 10.1. The van der Waals surface area contributed by atoms with Crippen LogP contribution in [0, 0.1) is 5.92 Å². The van der Waals surface area contributed by atoms with Gasteiger partial charge in [-0.2, -0.15) is 0 Å². The van der Waals surface area contributed by atoms with E-state index in [0.29, 0.717) is 5.92 Å². The fourth-order valence-corrected chi connectivity index (χ4v) is 2.13. The molecule has 4 N–H and O–H groups in total. The Morgan fingerprint density at radius 1 is 1.17 bits per heavy atom. The summed E-state index contributed by atoms with van der Waals surface area (Å²) in [6.07, 6.45) is 0.366. The summed E-state index contributed by atoms with van der Waals surface area (Å²) in [7, 11) is 0. The second-order valence-electron chi connectivity index (χ2n) is 5.35. The topological polar surface area (TPSA) is 98.9 Å². The Labute approximate surface area is 145 Å². The number of hydrogen-bond donors (Lipinski definition) is 2. The molecule has 1 aromatic carbocycles. The molecule has 126 valence electrons. The third kappa shape index (κ3) is 8.03. The number of carbonyl (C=O) groups is 2. The molecule has 0 saturated carbocycles. The zero-order valence-corrected chi connectivity index (χ0v) is 15.0. The van der Waals surface area contributed by atoms with Crippen LogP contribution in [0.15, 0.2) is 30.3 Å². The Bertz CT molecular complexity index is 484. The van der Waals surface area contributed by atoms with Crippen LogP contribution in [-0.4, -0.2) is 44.7 Å². The number of hydrogen-bond acceptors (Lipinski definition) is 3. The largest absolute Gasteiger partial charge is 0.445 e. The molecule has 0 aromatic heterocycles. The van der Waals surface area contributed by atoms with E-state index < -0.39 is 12.1 Å². The van der Waals surface area contributed by atoms with E-state index in [-0.39, 0.29) is 22.9 Å². The van der Waals surface area contributed by atoms with Gasteiger partial charge in [-0.25, -0.2) is 4.79 Å². The minimum absolute atomic E-state index is 0. The summed E-state index contributed by atoms with van der Waals surface area (Å²) in [6, 6.07) is 8.74. The lowest BCUT2D eigenvalue weighted by Crippen LogP contribution is -2.50. The Hall–Kier alpha value is -1.55. The van der Waals surface area contributed by atoms with E-state index in [1.54, 1.807) is 6.92 Å². The van der Waals surface area contributed by atoms with Crippen LogP contribution in [0.25, 0.3) is 0 Å². The first-order chi connectivity index (χ1) is 10.4. The van der Waals surface area contributed by atoms with E-state index >= 15 is 0 Å². The highest BCUT2D eigenvalue weighted by Gasteiger charge is 2.19. The summed E-state index contributed by atoms with van der Waals surface area (Å²) in [4.78, 5) is 23.7. The first-order valence-corrected chi connectivity index (χ1v) is 8.13. The highest BCUT2D eigenvalue weighted by Crippen LogP contribution is 2.04. The van der Waals surface area contributed by atoms with E-state index in [0.717, 1.165) is 12.0 Å². The molecule has 0 spiro atoms. The van der Waals surface area contributed by atoms with Gasteiger partial charge >= 0.3 is 6.09 Å². The second kappa shape index (κ2) is 11.1. The molecular formula is C16H25AlN2O4. The van der Waals surface area contributed by atoms with E-state index in [1.807, 2.05) is 30.3 Å². The fraction of sp³-hybridized carbons (Fsp3) is 0.500. The molecular weight excluding hydrogens is 311 g/mol. The Balaban J connectivity index is 0.00000484. The summed E-state index contributed by atoms with van der Waals surface area (Å²) < 4.78 is 5.09. The number of alkyl carbamates (subject to hydrolysis) is 1. The third-order valence-corrected chi connectivity index (χ3v) is 4.33. The van der Waals surface area contributed by atoms with Crippen molar-refractivity contribution in [3.63, 3.8) is 0 Å². The second-order valence-corrected chi connectivity index (χ2v) is 6.07. The van der Waals surface area contributed by atoms with Gasteiger partial charge < -0.3 is 20.8 Å². The molecule has 0 saturated heterocycles. The maximum atomic E-state index is 12.0. The van der Waals surface area contributed by atoms with Gasteiger partial charge in [-0.3, -0.25) is 4.79 Å². The standard InChI is InChI=1S/C16H23N2O3.Al.H2O/c1-4-12(2)10-17-15(19)13(3)18-16(20)21-11-14-8-6-5-7-9-14;;/h5-10,12-13H,4,11H2,1-3H3,(H,17,19)(H,18,20);;1H2/t12-,13-;;/m0../s1. The monoisotopic (exact) mass is 336 g/mol. The van der Waals surface area contributed by atoms with Crippen LogP contribution in [0.5, 0.6) is 0 Å². The highest BCUT2D eigenvalue weighted by molar-refractivity contribution is 6.13. The summed E-state index contributed by atoms with van der Waals surface area (Å²) in [5.41, 5.74) is 0.900. The van der Waals surface area contributed by atoms with Crippen molar-refractivity contribution in [2.24, 2.45) is 5.92 Å². The quantitative estimate of drug-likeness (QED) is 0.730. The van der Waals surface area contributed by atoms with Gasteiger partial charge in [-0.05, 0) is 23.3 Å². The van der Waals surface area contributed by atoms with Crippen molar-refractivity contribution in [1.29, 1.82) is 0 Å². The van der Waals surface area contributed by atoms with Crippen LogP contribution in [0.2, 0.25) is 0 Å². The van der Waals surface area contributed by atoms with Crippen LogP contribution in [-0.2, 0) is 16.1 Å². The summed E-state index contributed by atoms with van der Waals surface area (Å²) in [5, 5.41) is 5.39. The number of nitrogens with one attached hydrogen (secondary N) is 2. The molecule has 6 nitrogen and oxygen atoms in total. The van der Waals surface area contributed by atoms with Crippen molar-refractivity contribution in [2.45, 2.75) is 44.7 Å². The maximum absolute atomic E-state index is 12.0. The number of ether oxygens (including phenoxy) is 1. The molecule has 0 fully saturated rings. The molecule has 7 heteroatoms. The average Bonchev–Trinajstić information content (AvgIpc) is 2.52. The average molecular weight is 336 g/mol. The van der Waals surface area contributed by atoms with E-state index in [9.17, 15) is 9.59 Å². The third-order valence-electron chi connectivity index (χ3n) is 3.51. The molecule has 2 amide bonds. The number of rotatable bonds is 7. The lowest BCUT2D eigenvalue weighted by Gasteiger charge is -2.23. The zero-order valence-electron chi connectivity index (χ0n) is 13.8. The summed E-state index contributed by atoms with van der Waals surface area (Å²) >= 11 is 2.61. The molecule has 2 radical (unpaired) electrons. The molecule has 0 unspecified atom stereocenters. The first-order valence-electron chi connectivity index (χ1n) is 7.47. The van der Waals surface area contributed by atoms with E-state index in [2.05, 4.69) is 40.8 Å². The van der Waals surface area contributed by atoms with Crippen LogP contribution in [0.1, 0.15) is 32.8 Å². The van der Waals surface area contributed by atoms with Gasteiger partial charge in [0.2, 0.25) is 5.91 Å². The predicted octanol–water partition coefficient (Wildman–Crippen LogP) is 1.13. The highest BCUT2D eigenvalue weighted by atomic mass is 27.0. The van der Waals surface area contributed by atoms with Gasteiger partial charge in [0.15, 0.2) is 16.3 Å². The molecule has 0 aliphatic carbocycles. The van der Waals surface area contributed by atoms with Gasteiger partial charge in [-0.15, -0.1) is 0 Å². The predicted molar refractivity (Wildman–Crippen MR) is 90.0 cm³/mol. The number of amides is 2. The number of carbonyl (C=O) groups excluding carboxylic acids is 2. The van der Waals surface area contributed by atoms with Crippen LogP contribution in [0.3, 0.4) is 0 Å². The molecule has 1 rings (SSSR count). The van der Waals surface area contributed by atoms with Crippen molar-refractivity contribution in [3.05, 3.63) is 35.9 Å². The molecule has 0 aliphatic rings. The van der Waals surface area contributed by atoms with Crippen LogP contribution >= 0.6 is 0 Å². The Morgan fingerprint density at radius 3 is 2.35 bits per heavy atom. The van der Waals surface area contributed by atoms with Crippen molar-refractivity contribution < 1.29 is 19.8 Å². The maximum Gasteiger partial charge on any atom is 0.408 e. The van der Waals surface area contributed by atoms with E-state index in [4.69, 9.17) is 4.74 Å². The smallest absolute Gasteiger partial charge is 0.408 e. The molecule has 3 atom stereocenters. The minimum atomic E-state index is -0.643. The summed E-state index contributed by atoms with van der Waals surface area (Å²) in [5.74, 6) is 0.128. The van der Waals surface area contributed by atoms with Crippen molar-refractivity contribution >= 4 is 28.3 Å². The SMILES string of the molecule is CC[C@H](C)[C@@H]([Al])NC(=O)[C@H](C)NC(=O)OCc1ccccc1.O. The van der Waals surface area contributed by atoms with Crippen molar-refractivity contribution in [3.8, 4) is 0 Å². The zero-order chi connectivity index (χ0) is 16.5. The molecule has 0 heterocycles. The minimum Gasteiger partial charge on any atom is -0.445 e. The van der Waals surface area contributed by atoms with Crippen molar-refractivity contribution in [1.82, 2.24) is 10.6 Å². The Morgan fingerprint density at radius 2 is 1.78 bits per heavy atom. The van der Waals surface area contributed by atoms with Gasteiger partial charge in [0, 0.05) is 0 Å². The van der Waals surface area contributed by atoms with Gasteiger partial charge in [0.05, 0.1) is 0 Å². The fourth-order valence-electron chi connectivity index (χ4n) is 1.69. The molecule has 1 aromatic rings. The molecule has 23 heavy (non-hydrogen) atoms. The molecule has 0 bridgehead atoms. The van der Waals surface area contributed by atoms with Gasteiger partial charge in [0.1, 0.15) is 12.6 Å². The van der Waals surface area contributed by atoms with Crippen molar-refractivity contribution in [2.75, 3.05) is 0 Å². The van der Waals surface area contributed by atoms with E-state index in [1.165, 1.54) is 0 Å².